The maximum absolute atomic E-state index is 10.2. The fraction of sp³-hybridized carbons (Fsp3) is 0.923. The fourth-order valence-electron chi connectivity index (χ4n) is 2.98. The summed E-state index contributed by atoms with van der Waals surface area (Å²) in [7, 11) is 0. The van der Waals surface area contributed by atoms with Crippen LogP contribution in [0.5, 0.6) is 0 Å². The number of hydrogen-bond acceptors (Lipinski definition) is 7. The molecule has 6 nitrogen and oxygen atoms in total. The van der Waals surface area contributed by atoms with Crippen LogP contribution in [0.2, 0.25) is 0 Å². The van der Waals surface area contributed by atoms with Gasteiger partial charge in [-0.15, -0.1) is 0 Å². The van der Waals surface area contributed by atoms with Gasteiger partial charge in [0.1, 0.15) is 29.8 Å². The Morgan fingerprint density at radius 3 is 2.70 bits per heavy atom. The van der Waals surface area contributed by atoms with Crippen molar-refractivity contribution in [3.63, 3.8) is 0 Å². The predicted octanol–water partition coefficient (Wildman–Crippen LogP) is -0.229. The maximum Gasteiger partial charge on any atom is 0.162 e. The van der Waals surface area contributed by atoms with Crippen LogP contribution < -0.4 is 0 Å². The first-order chi connectivity index (χ1) is 9.61. The normalized spacial score (nSPS) is 42.5. The molecule has 2 saturated heterocycles. The molecule has 0 aromatic rings. The van der Waals surface area contributed by atoms with Crippen LogP contribution in [-0.4, -0.2) is 74.4 Å². The molecule has 6 atom stereocenters. The van der Waals surface area contributed by atoms with E-state index < -0.39 is 30.5 Å². The first-order valence-electron chi connectivity index (χ1n) is 7.31. The van der Waals surface area contributed by atoms with Crippen molar-refractivity contribution in [1.29, 1.82) is 0 Å². The van der Waals surface area contributed by atoms with Gasteiger partial charge in [0.25, 0.3) is 0 Å². The van der Waals surface area contributed by atoms with Crippen LogP contribution in [0.25, 0.3) is 0 Å². The summed E-state index contributed by atoms with van der Waals surface area (Å²) in [6.07, 6.45) is -0.762. The van der Waals surface area contributed by atoms with E-state index in [1.807, 2.05) is 6.92 Å². The molecule has 0 aliphatic carbocycles. The van der Waals surface area contributed by atoms with Crippen molar-refractivity contribution in [2.75, 3.05) is 13.1 Å². The minimum Gasteiger partial charge on any atom is -0.390 e. The molecule has 0 saturated carbocycles. The minimum atomic E-state index is -1.09. The number of ether oxygens (including phenoxy) is 1. The molecule has 3 N–H and O–H groups in total. The average Bonchev–Trinajstić information content (AvgIpc) is 3.10. The molecule has 3 aliphatic heterocycles. The highest BCUT2D eigenvalue weighted by atomic mass is 32.2. The summed E-state index contributed by atoms with van der Waals surface area (Å²) >= 11 is 1.50. The minimum absolute atomic E-state index is 0.310. The second kappa shape index (κ2) is 5.81. The van der Waals surface area contributed by atoms with Crippen molar-refractivity contribution < 1.29 is 20.1 Å². The van der Waals surface area contributed by atoms with Crippen LogP contribution in [0.4, 0.5) is 0 Å². The van der Waals surface area contributed by atoms with Crippen LogP contribution in [0, 0.1) is 0 Å². The van der Waals surface area contributed by atoms with Gasteiger partial charge in [0.15, 0.2) is 5.17 Å². The summed E-state index contributed by atoms with van der Waals surface area (Å²) in [4.78, 5) is 6.74. The van der Waals surface area contributed by atoms with Gasteiger partial charge in [-0.1, -0.05) is 18.7 Å². The molecule has 0 aromatic carbocycles. The van der Waals surface area contributed by atoms with Gasteiger partial charge in [0.2, 0.25) is 0 Å². The largest absolute Gasteiger partial charge is 0.390 e. The number of rotatable bonds is 2. The molecule has 0 bridgehead atoms. The van der Waals surface area contributed by atoms with Crippen molar-refractivity contribution in [1.82, 2.24) is 4.90 Å². The zero-order valence-electron chi connectivity index (χ0n) is 11.6. The van der Waals surface area contributed by atoms with E-state index in [0.29, 0.717) is 6.42 Å². The van der Waals surface area contributed by atoms with Crippen LogP contribution in [0.3, 0.4) is 0 Å². The van der Waals surface area contributed by atoms with E-state index in [0.717, 1.165) is 31.1 Å². The van der Waals surface area contributed by atoms with Crippen LogP contribution in [0.15, 0.2) is 4.99 Å². The van der Waals surface area contributed by atoms with E-state index >= 15 is 0 Å². The lowest BCUT2D eigenvalue weighted by molar-refractivity contribution is -0.185. The number of aliphatic hydroxyl groups is 3. The predicted molar refractivity (Wildman–Crippen MR) is 76.6 cm³/mol. The van der Waals surface area contributed by atoms with Crippen molar-refractivity contribution in [3.8, 4) is 0 Å². The molecular weight excluding hydrogens is 280 g/mol. The number of fused-ring (bicyclic) bond motifs is 1. The number of nitrogens with zero attached hydrogens (tertiary/aromatic N) is 2. The summed E-state index contributed by atoms with van der Waals surface area (Å²) in [5.74, 6) is 0. The molecule has 2 fully saturated rings. The lowest BCUT2D eigenvalue weighted by Gasteiger charge is -2.40. The number of aliphatic hydroxyl groups excluding tert-OH is 3. The van der Waals surface area contributed by atoms with E-state index in [4.69, 9.17) is 4.74 Å². The van der Waals surface area contributed by atoms with Gasteiger partial charge in [0.05, 0.1) is 6.10 Å². The van der Waals surface area contributed by atoms with Gasteiger partial charge in [-0.3, -0.25) is 4.99 Å². The number of hydrogen-bond donors (Lipinski definition) is 3. The molecule has 3 heterocycles. The Balaban J connectivity index is 1.73. The second-order valence-electron chi connectivity index (χ2n) is 5.64. The standard InChI is InChI=1S/C13H22N2O4S/c1-2-7(16)11-10(18)9(17)8-12(19-11)20-13(14-8)15-5-3-4-6-15/h7-12,16-18H,2-6H2,1H3/t7-,8-,9-,10+,11-,12-/m1/s1. The van der Waals surface area contributed by atoms with E-state index in [9.17, 15) is 15.3 Å². The third-order valence-electron chi connectivity index (χ3n) is 4.26. The van der Waals surface area contributed by atoms with Gasteiger partial charge in [-0.25, -0.2) is 0 Å². The highest BCUT2D eigenvalue weighted by Crippen LogP contribution is 2.39. The van der Waals surface area contributed by atoms with Gasteiger partial charge in [-0.2, -0.15) is 0 Å². The van der Waals surface area contributed by atoms with Crippen LogP contribution >= 0.6 is 11.8 Å². The number of likely N-dealkylation sites (tertiary alicyclic amines) is 1. The zero-order valence-corrected chi connectivity index (χ0v) is 12.4. The quantitative estimate of drug-likeness (QED) is 0.653. The Bertz CT molecular complexity index is 389. The molecule has 0 unspecified atom stereocenters. The van der Waals surface area contributed by atoms with Crippen molar-refractivity contribution >= 4 is 16.9 Å². The van der Waals surface area contributed by atoms with Crippen molar-refractivity contribution in [3.05, 3.63) is 0 Å². The van der Waals surface area contributed by atoms with Crippen LogP contribution in [0.1, 0.15) is 26.2 Å². The molecule has 7 heteroatoms. The highest BCUT2D eigenvalue weighted by molar-refractivity contribution is 8.14. The van der Waals surface area contributed by atoms with E-state index in [1.165, 1.54) is 11.8 Å². The molecular formula is C13H22N2O4S. The Labute approximate surface area is 122 Å². The number of thioether (sulfide) groups is 1. The van der Waals surface area contributed by atoms with Crippen molar-refractivity contribution in [2.45, 2.75) is 62.1 Å². The molecule has 3 rings (SSSR count). The summed E-state index contributed by atoms with van der Waals surface area (Å²) in [5, 5.41) is 31.2. The van der Waals surface area contributed by atoms with E-state index in [1.54, 1.807) is 0 Å². The van der Waals surface area contributed by atoms with E-state index in [-0.39, 0.29) is 5.44 Å². The summed E-state index contributed by atoms with van der Waals surface area (Å²) in [5.41, 5.74) is -0.310. The molecule has 0 spiro atoms. The highest BCUT2D eigenvalue weighted by Gasteiger charge is 2.50. The topological polar surface area (TPSA) is 85.5 Å². The SMILES string of the molecule is CC[C@@H](O)[C@H]1O[C@@H]2SC(N3CCCC3)=N[C@@H]2[C@@H](O)[C@@H]1O. The molecule has 0 radical (unpaired) electrons. The molecule has 0 aromatic heterocycles. The smallest absolute Gasteiger partial charge is 0.162 e. The average molecular weight is 302 g/mol. The van der Waals surface area contributed by atoms with Crippen LogP contribution in [-0.2, 0) is 4.74 Å². The Morgan fingerprint density at radius 1 is 1.35 bits per heavy atom. The monoisotopic (exact) mass is 302 g/mol. The van der Waals surface area contributed by atoms with Crippen molar-refractivity contribution in [2.24, 2.45) is 4.99 Å². The summed E-state index contributed by atoms with van der Waals surface area (Å²) in [6, 6.07) is -0.439. The maximum atomic E-state index is 10.2. The number of amidine groups is 1. The van der Waals surface area contributed by atoms with Gasteiger partial charge >= 0.3 is 0 Å². The lowest BCUT2D eigenvalue weighted by atomic mass is 9.94. The Morgan fingerprint density at radius 2 is 2.05 bits per heavy atom. The third kappa shape index (κ3) is 2.46. The summed E-state index contributed by atoms with van der Waals surface area (Å²) in [6.45, 7) is 3.81. The molecule has 114 valence electrons. The first kappa shape index (κ1) is 14.6. The lowest BCUT2D eigenvalue weighted by Crippen LogP contribution is -2.58. The Hall–Kier alpha value is -0.340. The van der Waals surface area contributed by atoms with Gasteiger partial charge in [-0.05, 0) is 19.3 Å². The Kier molecular flexibility index (Phi) is 4.24. The summed E-state index contributed by atoms with van der Waals surface area (Å²) < 4.78 is 5.80. The zero-order chi connectivity index (χ0) is 14.3. The number of aliphatic imine (C=N–C) groups is 1. The third-order valence-corrected chi connectivity index (χ3v) is 5.46. The van der Waals surface area contributed by atoms with E-state index in [2.05, 4.69) is 9.89 Å². The molecule has 20 heavy (non-hydrogen) atoms. The molecule has 0 amide bonds. The molecule has 3 aliphatic rings. The van der Waals surface area contributed by atoms with Gasteiger partial charge in [0, 0.05) is 13.1 Å². The second-order valence-corrected chi connectivity index (χ2v) is 6.71. The first-order valence-corrected chi connectivity index (χ1v) is 8.19. The van der Waals surface area contributed by atoms with Gasteiger partial charge < -0.3 is 25.0 Å². The fourth-order valence-corrected chi connectivity index (χ4v) is 4.25.